The molecular weight excluding hydrogens is 212 g/mol. The summed E-state index contributed by atoms with van der Waals surface area (Å²) in [6.07, 6.45) is 4.90. The van der Waals surface area contributed by atoms with E-state index in [0.717, 1.165) is 19.3 Å². The Bertz CT molecular complexity index is 226. The lowest BCUT2D eigenvalue weighted by Crippen LogP contribution is -2.08. The molecule has 0 aliphatic rings. The van der Waals surface area contributed by atoms with Crippen molar-refractivity contribution in [1.29, 1.82) is 0 Å². The second-order valence-electron chi connectivity index (χ2n) is 4.40. The van der Waals surface area contributed by atoms with Gasteiger partial charge in [0.05, 0.1) is 6.61 Å². The molecule has 0 unspecified atom stereocenters. The minimum atomic E-state index is -0.218. The number of allylic oxidation sites excluding steroid dienone is 1. The van der Waals surface area contributed by atoms with Crippen LogP contribution < -0.4 is 0 Å². The van der Waals surface area contributed by atoms with E-state index in [1.54, 1.807) is 0 Å². The van der Waals surface area contributed by atoms with E-state index in [0.29, 0.717) is 6.61 Å². The summed E-state index contributed by atoms with van der Waals surface area (Å²) < 4.78 is 4.85. The van der Waals surface area contributed by atoms with Crippen molar-refractivity contribution in [2.45, 2.75) is 51.8 Å². The Morgan fingerprint density at radius 2 is 2.00 bits per heavy atom. The van der Waals surface area contributed by atoms with E-state index in [2.05, 4.69) is 6.08 Å². The zero-order valence-corrected chi connectivity index (χ0v) is 10.9. The van der Waals surface area contributed by atoms with Gasteiger partial charge in [0.2, 0.25) is 0 Å². The third-order valence-electron chi connectivity index (χ3n) is 2.03. The van der Waals surface area contributed by atoms with E-state index in [9.17, 15) is 4.79 Å². The van der Waals surface area contributed by atoms with Crippen LogP contribution in [0.15, 0.2) is 11.6 Å². The van der Waals surface area contributed by atoms with Gasteiger partial charge in [-0.3, -0.25) is 4.79 Å². The van der Waals surface area contributed by atoms with Gasteiger partial charge >= 0.3 is 5.97 Å². The van der Waals surface area contributed by atoms with Crippen molar-refractivity contribution in [2.24, 2.45) is 0 Å². The number of rotatable bonds is 6. The summed E-state index contributed by atoms with van der Waals surface area (Å²) in [5, 5.41) is 0. The number of carbonyl (C=O) groups excluding carboxylic acids is 1. The molecule has 2 nitrogen and oxygen atoms in total. The molecule has 0 aromatic heterocycles. The van der Waals surface area contributed by atoms with E-state index in [1.165, 1.54) is 12.5 Å². The van der Waals surface area contributed by atoms with Gasteiger partial charge < -0.3 is 4.74 Å². The van der Waals surface area contributed by atoms with E-state index in [-0.39, 0.29) is 10.8 Å². The number of alkyl halides is 1. The lowest BCUT2D eigenvalue weighted by atomic mass is 10.1. The lowest BCUT2D eigenvalue weighted by molar-refractivity contribution is -0.140. The molecule has 15 heavy (non-hydrogen) atoms. The minimum absolute atomic E-state index is 0.132. The number of ether oxygens (including phenoxy) is 1. The summed E-state index contributed by atoms with van der Waals surface area (Å²) in [7, 11) is 0. The average molecular weight is 233 g/mol. The molecule has 0 heterocycles. The summed E-state index contributed by atoms with van der Waals surface area (Å²) in [6, 6.07) is 0. The average Bonchev–Trinajstić information content (AvgIpc) is 2.00. The van der Waals surface area contributed by atoms with E-state index in [4.69, 9.17) is 16.3 Å². The molecule has 0 spiro atoms. The van der Waals surface area contributed by atoms with Gasteiger partial charge in [-0.05, 0) is 33.6 Å². The zero-order chi connectivity index (χ0) is 11.9. The van der Waals surface area contributed by atoms with Crippen LogP contribution in [0.5, 0.6) is 0 Å². The van der Waals surface area contributed by atoms with E-state index < -0.39 is 0 Å². The first kappa shape index (κ1) is 14.5. The predicted octanol–water partition coefficient (Wildman–Crippen LogP) is 3.68. The highest BCUT2D eigenvalue weighted by Crippen LogP contribution is 2.20. The smallest absolute Gasteiger partial charge is 0.302 e. The monoisotopic (exact) mass is 232 g/mol. The van der Waals surface area contributed by atoms with Gasteiger partial charge in [0, 0.05) is 18.2 Å². The maximum Gasteiger partial charge on any atom is 0.302 e. The molecule has 0 radical (unpaired) electrons. The maximum atomic E-state index is 10.5. The number of halogens is 1. The molecule has 0 aliphatic carbocycles. The largest absolute Gasteiger partial charge is 0.466 e. The zero-order valence-electron chi connectivity index (χ0n) is 10.1. The summed E-state index contributed by atoms with van der Waals surface area (Å²) in [6.45, 7) is 7.97. The van der Waals surface area contributed by atoms with Gasteiger partial charge in [0.15, 0.2) is 0 Å². The predicted molar refractivity (Wildman–Crippen MR) is 64.2 cm³/mol. The molecule has 0 aliphatic heterocycles. The Balaban J connectivity index is 3.66. The molecule has 88 valence electrons. The Hall–Kier alpha value is -0.500. The van der Waals surface area contributed by atoms with Crippen molar-refractivity contribution < 1.29 is 9.53 Å². The van der Waals surface area contributed by atoms with Gasteiger partial charge in [-0.2, -0.15) is 0 Å². The fourth-order valence-corrected chi connectivity index (χ4v) is 1.23. The normalized spacial score (nSPS) is 12.7. The number of hydrogen-bond donors (Lipinski definition) is 0. The SMILES string of the molecule is CC(=O)OCCC(C)=CCCC(C)(C)Cl. The van der Waals surface area contributed by atoms with Crippen LogP contribution in [-0.4, -0.2) is 17.5 Å². The first-order valence-corrected chi connectivity index (χ1v) is 5.67. The Labute approximate surface area is 97.6 Å². The van der Waals surface area contributed by atoms with Crippen LogP contribution >= 0.6 is 11.6 Å². The van der Waals surface area contributed by atoms with Crippen molar-refractivity contribution >= 4 is 17.6 Å². The third kappa shape index (κ3) is 11.4. The van der Waals surface area contributed by atoms with Crippen LogP contribution in [0.4, 0.5) is 0 Å². The number of hydrogen-bond acceptors (Lipinski definition) is 2. The molecule has 0 fully saturated rings. The Kier molecular flexibility index (Phi) is 6.66. The molecule has 0 aromatic rings. The highest BCUT2D eigenvalue weighted by atomic mass is 35.5. The van der Waals surface area contributed by atoms with Crippen molar-refractivity contribution in [3.63, 3.8) is 0 Å². The Morgan fingerprint density at radius 1 is 1.40 bits per heavy atom. The molecular formula is C12H21ClO2. The van der Waals surface area contributed by atoms with Crippen LogP contribution in [0.2, 0.25) is 0 Å². The molecule has 3 heteroatoms. The fraction of sp³-hybridized carbons (Fsp3) is 0.750. The van der Waals surface area contributed by atoms with Crippen LogP contribution in [0.1, 0.15) is 47.0 Å². The molecule has 0 amide bonds. The molecule has 0 bridgehead atoms. The fourth-order valence-electron chi connectivity index (χ4n) is 1.12. The first-order valence-electron chi connectivity index (χ1n) is 5.29. The van der Waals surface area contributed by atoms with Crippen molar-refractivity contribution in [3.8, 4) is 0 Å². The van der Waals surface area contributed by atoms with Gasteiger partial charge in [-0.25, -0.2) is 0 Å². The minimum Gasteiger partial charge on any atom is -0.466 e. The second-order valence-corrected chi connectivity index (χ2v) is 5.42. The van der Waals surface area contributed by atoms with Gasteiger partial charge in [-0.15, -0.1) is 11.6 Å². The number of carbonyl (C=O) groups is 1. The van der Waals surface area contributed by atoms with Crippen molar-refractivity contribution in [1.82, 2.24) is 0 Å². The summed E-state index contributed by atoms with van der Waals surface area (Å²) >= 11 is 6.06. The summed E-state index contributed by atoms with van der Waals surface area (Å²) in [5.74, 6) is -0.218. The van der Waals surface area contributed by atoms with Crippen LogP contribution in [0, 0.1) is 0 Å². The third-order valence-corrected chi connectivity index (χ3v) is 2.22. The standard InChI is InChI=1S/C12H21ClO2/c1-10(7-9-15-11(2)14)6-5-8-12(3,4)13/h6H,5,7-9H2,1-4H3. The highest BCUT2D eigenvalue weighted by Gasteiger charge is 2.10. The first-order chi connectivity index (χ1) is 6.81. The molecule has 0 saturated carbocycles. The van der Waals surface area contributed by atoms with Crippen molar-refractivity contribution in [2.75, 3.05) is 6.61 Å². The quantitative estimate of drug-likeness (QED) is 0.397. The maximum absolute atomic E-state index is 10.5. The molecule has 0 aromatic carbocycles. The topological polar surface area (TPSA) is 26.3 Å². The summed E-state index contributed by atoms with van der Waals surface area (Å²) in [5.41, 5.74) is 1.25. The molecule has 0 saturated heterocycles. The van der Waals surface area contributed by atoms with Gasteiger partial charge in [0.25, 0.3) is 0 Å². The van der Waals surface area contributed by atoms with Crippen LogP contribution in [0.25, 0.3) is 0 Å². The van der Waals surface area contributed by atoms with Crippen molar-refractivity contribution in [3.05, 3.63) is 11.6 Å². The summed E-state index contributed by atoms with van der Waals surface area (Å²) in [4.78, 5) is 10.4. The highest BCUT2D eigenvalue weighted by molar-refractivity contribution is 6.23. The molecule has 0 rings (SSSR count). The number of esters is 1. The van der Waals surface area contributed by atoms with Crippen LogP contribution in [-0.2, 0) is 9.53 Å². The van der Waals surface area contributed by atoms with Gasteiger partial charge in [0.1, 0.15) is 0 Å². The lowest BCUT2D eigenvalue weighted by Gasteiger charge is -2.13. The van der Waals surface area contributed by atoms with E-state index >= 15 is 0 Å². The molecule has 0 N–H and O–H groups in total. The van der Waals surface area contributed by atoms with Crippen LogP contribution in [0.3, 0.4) is 0 Å². The van der Waals surface area contributed by atoms with Gasteiger partial charge in [-0.1, -0.05) is 11.6 Å². The molecule has 0 atom stereocenters. The van der Waals surface area contributed by atoms with E-state index in [1.807, 2.05) is 20.8 Å². The Morgan fingerprint density at radius 3 is 2.47 bits per heavy atom. The second kappa shape index (κ2) is 6.89.